The molecule has 3 aromatic rings. The Morgan fingerprint density at radius 1 is 1.15 bits per heavy atom. The average Bonchev–Trinajstić information content (AvgIpc) is 3.61. The predicted octanol–water partition coefficient (Wildman–Crippen LogP) is 2.74. The highest BCUT2D eigenvalue weighted by Gasteiger charge is 2.29. The molecule has 1 aliphatic heterocycles. The van der Waals surface area contributed by atoms with Crippen LogP contribution in [-0.4, -0.2) is 59.7 Å². The molecule has 5 rings (SSSR count). The van der Waals surface area contributed by atoms with Crippen molar-refractivity contribution in [1.29, 1.82) is 0 Å². The van der Waals surface area contributed by atoms with Crippen molar-refractivity contribution < 1.29 is 17.9 Å². The molecule has 10 heteroatoms. The fourth-order valence-electron chi connectivity index (χ4n) is 4.25. The van der Waals surface area contributed by atoms with E-state index >= 15 is 0 Å². The van der Waals surface area contributed by atoms with Gasteiger partial charge in [-0.3, -0.25) is 9.48 Å². The van der Waals surface area contributed by atoms with E-state index in [1.807, 2.05) is 27.0 Å². The van der Waals surface area contributed by atoms with E-state index in [0.29, 0.717) is 54.5 Å². The summed E-state index contributed by atoms with van der Waals surface area (Å²) < 4.78 is 34.6. The molecule has 1 aliphatic carbocycles. The van der Waals surface area contributed by atoms with Crippen molar-refractivity contribution in [3.05, 3.63) is 46.8 Å². The molecule has 1 aromatic carbocycles. The van der Waals surface area contributed by atoms with Crippen molar-refractivity contribution in [2.75, 3.05) is 31.6 Å². The SMILES string of the molecule is Cc1ccc(S(=O)(=O)N2CCOCC2)cc1NC(=O)c1cc(C2CC2)nc2c1c(C)nn2C. The second kappa shape index (κ2) is 8.19. The van der Waals surface area contributed by atoms with Crippen molar-refractivity contribution in [2.45, 2.75) is 37.5 Å². The fraction of sp³-hybridized carbons (Fsp3) is 0.435. The molecule has 2 aromatic heterocycles. The number of rotatable bonds is 5. The van der Waals surface area contributed by atoms with Gasteiger partial charge in [0.05, 0.1) is 34.8 Å². The van der Waals surface area contributed by atoms with E-state index in [1.54, 1.807) is 16.8 Å². The van der Waals surface area contributed by atoms with Gasteiger partial charge in [-0.2, -0.15) is 9.40 Å². The van der Waals surface area contributed by atoms with E-state index in [1.165, 1.54) is 10.4 Å². The van der Waals surface area contributed by atoms with Crippen LogP contribution in [0.1, 0.15) is 46.1 Å². The fourth-order valence-corrected chi connectivity index (χ4v) is 5.69. The van der Waals surface area contributed by atoms with Crippen molar-refractivity contribution >= 4 is 32.7 Å². The number of aryl methyl sites for hydroxylation is 3. The van der Waals surface area contributed by atoms with Gasteiger partial charge in [0.2, 0.25) is 10.0 Å². The number of carbonyl (C=O) groups is 1. The quantitative estimate of drug-likeness (QED) is 0.616. The van der Waals surface area contributed by atoms with Crippen LogP contribution < -0.4 is 5.32 Å². The van der Waals surface area contributed by atoms with Gasteiger partial charge in [-0.25, -0.2) is 13.4 Å². The van der Waals surface area contributed by atoms with Crippen LogP contribution in [-0.2, 0) is 21.8 Å². The molecule has 1 amide bonds. The number of nitrogens with one attached hydrogen (secondary N) is 1. The molecule has 0 bridgehead atoms. The summed E-state index contributed by atoms with van der Waals surface area (Å²) in [4.78, 5) is 18.4. The lowest BCUT2D eigenvalue weighted by Gasteiger charge is -2.26. The van der Waals surface area contributed by atoms with Gasteiger partial charge in [0.1, 0.15) is 0 Å². The topological polar surface area (TPSA) is 106 Å². The largest absolute Gasteiger partial charge is 0.379 e. The Labute approximate surface area is 192 Å². The predicted molar refractivity (Wildman–Crippen MR) is 124 cm³/mol. The minimum Gasteiger partial charge on any atom is -0.379 e. The third-order valence-corrected chi connectivity index (χ3v) is 8.19. The molecular formula is C23H27N5O4S. The average molecular weight is 470 g/mol. The van der Waals surface area contributed by atoms with E-state index in [-0.39, 0.29) is 10.8 Å². The van der Waals surface area contributed by atoms with Crippen LogP contribution in [0.2, 0.25) is 0 Å². The first kappa shape index (κ1) is 22.0. The minimum atomic E-state index is -3.67. The molecule has 0 atom stereocenters. The summed E-state index contributed by atoms with van der Waals surface area (Å²) in [7, 11) is -1.85. The van der Waals surface area contributed by atoms with Gasteiger partial charge in [-0.15, -0.1) is 0 Å². The number of amides is 1. The number of carbonyl (C=O) groups excluding carboxylic acids is 1. The number of pyridine rings is 1. The van der Waals surface area contributed by atoms with Gasteiger partial charge >= 0.3 is 0 Å². The second-order valence-electron chi connectivity index (χ2n) is 8.72. The number of benzene rings is 1. The number of sulfonamides is 1. The first-order valence-corrected chi connectivity index (χ1v) is 12.5. The van der Waals surface area contributed by atoms with E-state index in [9.17, 15) is 13.2 Å². The van der Waals surface area contributed by atoms with Gasteiger partial charge < -0.3 is 10.1 Å². The van der Waals surface area contributed by atoms with Crippen LogP contribution in [0.3, 0.4) is 0 Å². The summed E-state index contributed by atoms with van der Waals surface area (Å²) in [6.45, 7) is 5.08. The molecule has 3 heterocycles. The van der Waals surface area contributed by atoms with E-state index in [2.05, 4.69) is 10.4 Å². The van der Waals surface area contributed by atoms with E-state index in [0.717, 1.165) is 29.8 Å². The zero-order chi connectivity index (χ0) is 23.3. The number of anilines is 1. The molecule has 1 saturated carbocycles. The lowest BCUT2D eigenvalue weighted by Crippen LogP contribution is -2.40. The molecule has 9 nitrogen and oxygen atoms in total. The first-order chi connectivity index (χ1) is 15.8. The van der Waals surface area contributed by atoms with Crippen LogP contribution in [0, 0.1) is 13.8 Å². The smallest absolute Gasteiger partial charge is 0.256 e. The molecular weight excluding hydrogens is 442 g/mol. The van der Waals surface area contributed by atoms with Gasteiger partial charge in [0.15, 0.2) is 5.65 Å². The Hall–Kier alpha value is -2.82. The zero-order valence-electron chi connectivity index (χ0n) is 19.0. The molecule has 2 aliphatic rings. The standard InChI is InChI=1S/C23H27N5O4S/c1-14-4-7-17(33(30,31)28-8-10-32-11-9-28)12-19(14)25-23(29)18-13-20(16-5-6-16)24-22-21(18)15(2)26-27(22)3/h4,7,12-13,16H,5-6,8-11H2,1-3H3,(H,25,29). The number of aromatic nitrogens is 3. The molecule has 2 fully saturated rings. The monoisotopic (exact) mass is 469 g/mol. The Morgan fingerprint density at radius 3 is 2.58 bits per heavy atom. The van der Waals surface area contributed by atoms with Crippen molar-refractivity contribution in [3.8, 4) is 0 Å². The number of hydrogen-bond acceptors (Lipinski definition) is 6. The highest BCUT2D eigenvalue weighted by Crippen LogP contribution is 2.40. The van der Waals surface area contributed by atoms with Crippen LogP contribution in [0.15, 0.2) is 29.2 Å². The number of morpholine rings is 1. The van der Waals surface area contributed by atoms with Gasteiger partial charge in [-0.1, -0.05) is 6.07 Å². The van der Waals surface area contributed by atoms with Crippen LogP contribution in [0.25, 0.3) is 11.0 Å². The highest BCUT2D eigenvalue weighted by atomic mass is 32.2. The number of ether oxygens (including phenoxy) is 1. The summed E-state index contributed by atoms with van der Waals surface area (Å²) in [5.74, 6) is 0.0734. The van der Waals surface area contributed by atoms with E-state index < -0.39 is 10.0 Å². The normalized spacial score (nSPS) is 17.4. The van der Waals surface area contributed by atoms with Crippen LogP contribution in [0.4, 0.5) is 5.69 Å². The summed E-state index contributed by atoms with van der Waals surface area (Å²) >= 11 is 0. The summed E-state index contributed by atoms with van der Waals surface area (Å²) in [6.07, 6.45) is 2.13. The molecule has 0 spiro atoms. The maximum absolute atomic E-state index is 13.4. The lowest BCUT2D eigenvalue weighted by atomic mass is 10.1. The molecule has 1 saturated heterocycles. The van der Waals surface area contributed by atoms with Gasteiger partial charge in [-0.05, 0) is 50.5 Å². The maximum atomic E-state index is 13.4. The van der Waals surface area contributed by atoms with Crippen molar-refractivity contribution in [1.82, 2.24) is 19.1 Å². The number of fused-ring (bicyclic) bond motifs is 1. The summed E-state index contributed by atoms with van der Waals surface area (Å²) in [5.41, 5.74) is 4.06. The summed E-state index contributed by atoms with van der Waals surface area (Å²) in [5, 5.41) is 8.12. The number of hydrogen-bond donors (Lipinski definition) is 1. The summed E-state index contributed by atoms with van der Waals surface area (Å²) in [6, 6.07) is 6.69. The molecule has 174 valence electrons. The first-order valence-electron chi connectivity index (χ1n) is 11.1. The Kier molecular flexibility index (Phi) is 5.46. The van der Waals surface area contributed by atoms with Gasteiger partial charge in [0, 0.05) is 37.4 Å². The Morgan fingerprint density at radius 2 is 1.88 bits per heavy atom. The molecule has 33 heavy (non-hydrogen) atoms. The Bertz CT molecular complexity index is 1350. The lowest BCUT2D eigenvalue weighted by molar-refractivity contribution is 0.0730. The highest BCUT2D eigenvalue weighted by molar-refractivity contribution is 7.89. The van der Waals surface area contributed by atoms with Crippen molar-refractivity contribution in [2.24, 2.45) is 7.05 Å². The van der Waals surface area contributed by atoms with Crippen molar-refractivity contribution in [3.63, 3.8) is 0 Å². The Balaban J connectivity index is 1.51. The van der Waals surface area contributed by atoms with Crippen LogP contribution in [0.5, 0.6) is 0 Å². The number of nitrogens with zero attached hydrogens (tertiary/aromatic N) is 4. The van der Waals surface area contributed by atoms with E-state index in [4.69, 9.17) is 9.72 Å². The second-order valence-corrected chi connectivity index (χ2v) is 10.7. The molecule has 0 unspecified atom stereocenters. The van der Waals surface area contributed by atoms with Crippen LogP contribution >= 0.6 is 0 Å². The molecule has 0 radical (unpaired) electrons. The van der Waals surface area contributed by atoms with Gasteiger partial charge in [0.25, 0.3) is 5.91 Å². The zero-order valence-corrected chi connectivity index (χ0v) is 19.8. The molecule has 1 N–H and O–H groups in total. The third-order valence-electron chi connectivity index (χ3n) is 6.29. The minimum absolute atomic E-state index is 0.154. The third kappa shape index (κ3) is 4.03. The maximum Gasteiger partial charge on any atom is 0.256 e.